The van der Waals surface area contributed by atoms with Crippen LogP contribution < -0.4 is 10.2 Å². The summed E-state index contributed by atoms with van der Waals surface area (Å²) in [6.45, 7) is 2.26. The van der Waals surface area contributed by atoms with Crippen LogP contribution in [0.3, 0.4) is 0 Å². The maximum absolute atomic E-state index is 11.8. The van der Waals surface area contributed by atoms with Crippen molar-refractivity contribution in [1.29, 1.82) is 0 Å². The highest BCUT2D eigenvalue weighted by atomic mass is 79.9. The number of ether oxygens (including phenoxy) is 1. The highest BCUT2D eigenvalue weighted by molar-refractivity contribution is 9.10. The monoisotopic (exact) mass is 362 g/mol. The number of carbonyl (C=O) groups excluding carboxylic acids is 1. The van der Waals surface area contributed by atoms with Crippen LogP contribution >= 0.6 is 15.9 Å². The number of halogens is 1. The van der Waals surface area contributed by atoms with E-state index >= 15 is 0 Å². The van der Waals surface area contributed by atoms with E-state index in [0.717, 1.165) is 4.47 Å². The van der Waals surface area contributed by atoms with Crippen LogP contribution in [-0.4, -0.2) is 23.8 Å². The van der Waals surface area contributed by atoms with E-state index in [4.69, 9.17) is 4.74 Å². The molecule has 2 aromatic rings. The van der Waals surface area contributed by atoms with Gasteiger partial charge in [0.15, 0.2) is 11.5 Å². The van der Waals surface area contributed by atoms with Gasteiger partial charge in [-0.25, -0.2) is 5.43 Å². The van der Waals surface area contributed by atoms with Gasteiger partial charge in [0.25, 0.3) is 5.91 Å². The van der Waals surface area contributed by atoms with Gasteiger partial charge in [-0.3, -0.25) is 4.79 Å². The van der Waals surface area contributed by atoms with Gasteiger partial charge in [-0.15, -0.1) is 0 Å². The molecule has 0 bridgehead atoms. The lowest BCUT2D eigenvalue weighted by Crippen LogP contribution is -2.17. The highest BCUT2D eigenvalue weighted by Crippen LogP contribution is 2.32. The van der Waals surface area contributed by atoms with Gasteiger partial charge in [0.1, 0.15) is 0 Å². The Morgan fingerprint density at radius 2 is 2.09 bits per heavy atom. The van der Waals surface area contributed by atoms with Crippen LogP contribution in [0.15, 0.2) is 52.0 Å². The van der Waals surface area contributed by atoms with E-state index in [-0.39, 0.29) is 11.7 Å². The predicted molar refractivity (Wildman–Crippen MR) is 88.5 cm³/mol. The van der Waals surface area contributed by atoms with E-state index in [0.29, 0.717) is 23.5 Å². The lowest BCUT2D eigenvalue weighted by molar-refractivity contribution is 0.0955. The minimum atomic E-state index is -0.323. The minimum absolute atomic E-state index is 0.0252. The molecule has 1 amide bonds. The number of hydrogen-bond donors (Lipinski definition) is 2. The predicted octanol–water partition coefficient (Wildman–Crippen LogP) is 3.32. The Morgan fingerprint density at radius 1 is 1.36 bits per heavy atom. The third kappa shape index (κ3) is 4.08. The second-order valence-electron chi connectivity index (χ2n) is 4.34. The highest BCUT2D eigenvalue weighted by Gasteiger charge is 2.09. The lowest BCUT2D eigenvalue weighted by atomic mass is 10.2. The van der Waals surface area contributed by atoms with Crippen LogP contribution in [0.1, 0.15) is 22.8 Å². The van der Waals surface area contributed by atoms with Gasteiger partial charge in [0, 0.05) is 15.6 Å². The summed E-state index contributed by atoms with van der Waals surface area (Å²) >= 11 is 3.33. The van der Waals surface area contributed by atoms with Gasteiger partial charge in [-0.05, 0) is 31.2 Å². The van der Waals surface area contributed by atoms with Crippen molar-refractivity contribution in [3.05, 3.63) is 58.1 Å². The Kier molecular flexibility index (Phi) is 5.55. The normalized spacial score (nSPS) is 10.6. The number of phenolic OH excluding ortho intramolecular Hbond substituents is 1. The third-order valence-corrected chi connectivity index (χ3v) is 3.23. The van der Waals surface area contributed by atoms with E-state index in [1.807, 2.05) is 13.0 Å². The molecule has 0 unspecified atom stereocenters. The number of carbonyl (C=O) groups is 1. The standard InChI is InChI=1S/C16H15BrN2O3/c1-2-22-14-9-13(17)8-12(15(14)20)10-18-19-16(21)11-6-4-3-5-7-11/h3-10,20H,2H2,1H3,(H,19,21). The second-order valence-corrected chi connectivity index (χ2v) is 5.26. The molecule has 0 radical (unpaired) electrons. The fourth-order valence-electron chi connectivity index (χ4n) is 1.77. The van der Waals surface area contributed by atoms with Gasteiger partial charge < -0.3 is 9.84 Å². The first-order valence-corrected chi connectivity index (χ1v) is 7.45. The molecule has 2 aromatic carbocycles. The van der Waals surface area contributed by atoms with Crippen molar-refractivity contribution >= 4 is 28.1 Å². The molecule has 0 spiro atoms. The fourth-order valence-corrected chi connectivity index (χ4v) is 2.23. The lowest BCUT2D eigenvalue weighted by Gasteiger charge is -2.08. The van der Waals surface area contributed by atoms with Crippen LogP contribution in [0, 0.1) is 0 Å². The number of hydrogen-bond acceptors (Lipinski definition) is 4. The first-order chi connectivity index (χ1) is 10.6. The molecule has 2 N–H and O–H groups in total. The number of phenols is 1. The molecular weight excluding hydrogens is 348 g/mol. The number of benzene rings is 2. The Balaban J connectivity index is 2.12. The van der Waals surface area contributed by atoms with Crippen molar-refractivity contribution < 1.29 is 14.6 Å². The summed E-state index contributed by atoms with van der Waals surface area (Å²) in [4.78, 5) is 11.8. The fraction of sp³-hybridized carbons (Fsp3) is 0.125. The summed E-state index contributed by atoms with van der Waals surface area (Å²) in [6.07, 6.45) is 1.36. The van der Waals surface area contributed by atoms with Gasteiger partial charge in [-0.1, -0.05) is 34.1 Å². The van der Waals surface area contributed by atoms with Crippen molar-refractivity contribution in [2.45, 2.75) is 6.92 Å². The number of amides is 1. The summed E-state index contributed by atoms with van der Waals surface area (Å²) < 4.78 is 6.07. The maximum Gasteiger partial charge on any atom is 0.271 e. The summed E-state index contributed by atoms with van der Waals surface area (Å²) in [6, 6.07) is 12.1. The van der Waals surface area contributed by atoms with E-state index in [2.05, 4.69) is 26.5 Å². The molecule has 0 aliphatic rings. The van der Waals surface area contributed by atoms with Gasteiger partial charge in [-0.2, -0.15) is 5.10 Å². The summed E-state index contributed by atoms with van der Waals surface area (Å²) in [5.41, 5.74) is 3.35. The molecule has 5 nitrogen and oxygen atoms in total. The number of aromatic hydroxyl groups is 1. The molecule has 0 aliphatic heterocycles. The SMILES string of the molecule is CCOc1cc(Br)cc(C=NNC(=O)c2ccccc2)c1O. The molecule has 0 saturated heterocycles. The van der Waals surface area contributed by atoms with Crippen LogP contribution in [0.25, 0.3) is 0 Å². The first kappa shape index (κ1) is 16.0. The number of hydrazone groups is 1. The van der Waals surface area contributed by atoms with Crippen molar-refractivity contribution in [2.75, 3.05) is 6.61 Å². The first-order valence-electron chi connectivity index (χ1n) is 6.65. The van der Waals surface area contributed by atoms with E-state index in [9.17, 15) is 9.90 Å². The summed E-state index contributed by atoms with van der Waals surface area (Å²) in [5, 5.41) is 13.9. The number of rotatable bonds is 5. The van der Waals surface area contributed by atoms with Crippen molar-refractivity contribution in [3.8, 4) is 11.5 Å². The Labute approximate surface area is 136 Å². The van der Waals surface area contributed by atoms with Crippen LogP contribution in [0.2, 0.25) is 0 Å². The number of nitrogens with zero attached hydrogens (tertiary/aromatic N) is 1. The molecule has 0 atom stereocenters. The molecule has 0 aliphatic carbocycles. The average Bonchev–Trinajstić information content (AvgIpc) is 2.52. The molecule has 0 aromatic heterocycles. The zero-order valence-corrected chi connectivity index (χ0v) is 13.5. The Hall–Kier alpha value is -2.34. The second kappa shape index (κ2) is 7.61. The molecule has 114 valence electrons. The van der Waals surface area contributed by atoms with Crippen molar-refractivity contribution in [2.24, 2.45) is 5.10 Å². The van der Waals surface area contributed by atoms with Gasteiger partial charge in [0.2, 0.25) is 0 Å². The quantitative estimate of drug-likeness (QED) is 0.633. The van der Waals surface area contributed by atoms with Gasteiger partial charge >= 0.3 is 0 Å². The van der Waals surface area contributed by atoms with Crippen LogP contribution in [-0.2, 0) is 0 Å². The zero-order chi connectivity index (χ0) is 15.9. The summed E-state index contributed by atoms with van der Waals surface area (Å²) in [5.74, 6) is 0.00633. The van der Waals surface area contributed by atoms with E-state index in [1.54, 1.807) is 36.4 Å². The van der Waals surface area contributed by atoms with Crippen LogP contribution in [0.5, 0.6) is 11.5 Å². The van der Waals surface area contributed by atoms with Crippen LogP contribution in [0.4, 0.5) is 0 Å². The molecule has 0 fully saturated rings. The Bertz CT molecular complexity index is 687. The molecule has 22 heavy (non-hydrogen) atoms. The third-order valence-electron chi connectivity index (χ3n) is 2.77. The van der Waals surface area contributed by atoms with Gasteiger partial charge in [0.05, 0.1) is 12.8 Å². The molecule has 2 rings (SSSR count). The molecule has 6 heteroatoms. The molecular formula is C16H15BrN2O3. The Morgan fingerprint density at radius 3 is 2.77 bits per heavy atom. The topological polar surface area (TPSA) is 70.9 Å². The maximum atomic E-state index is 11.8. The largest absolute Gasteiger partial charge is 0.504 e. The van der Waals surface area contributed by atoms with E-state index in [1.165, 1.54) is 6.21 Å². The van der Waals surface area contributed by atoms with E-state index < -0.39 is 0 Å². The molecule has 0 heterocycles. The van der Waals surface area contributed by atoms with Crippen molar-refractivity contribution in [3.63, 3.8) is 0 Å². The zero-order valence-electron chi connectivity index (χ0n) is 11.9. The minimum Gasteiger partial charge on any atom is -0.504 e. The average molecular weight is 363 g/mol. The number of nitrogens with one attached hydrogen (secondary N) is 1. The smallest absolute Gasteiger partial charge is 0.271 e. The van der Waals surface area contributed by atoms with Crippen molar-refractivity contribution in [1.82, 2.24) is 5.43 Å². The molecule has 0 saturated carbocycles. The summed E-state index contributed by atoms with van der Waals surface area (Å²) in [7, 11) is 0.